The summed E-state index contributed by atoms with van der Waals surface area (Å²) in [4.78, 5) is 86.6. The molecule has 0 heterocycles. The van der Waals surface area contributed by atoms with E-state index in [0.29, 0.717) is 5.56 Å². The van der Waals surface area contributed by atoms with E-state index >= 15 is 0 Å². The molecule has 2 aromatic carbocycles. The van der Waals surface area contributed by atoms with Crippen molar-refractivity contribution in [3.63, 3.8) is 0 Å². The van der Waals surface area contributed by atoms with Gasteiger partial charge in [0.15, 0.2) is 29.9 Å². The molecule has 0 aromatic heterocycles. The van der Waals surface area contributed by atoms with Gasteiger partial charge in [0.2, 0.25) is 0 Å². The quantitative estimate of drug-likeness (QED) is 0.209. The molecule has 2 aromatic rings. The van der Waals surface area contributed by atoms with E-state index in [4.69, 9.17) is 35.3 Å². The topological polar surface area (TPSA) is 166 Å². The molecule has 12 nitrogen and oxygen atoms in total. The number of ketones is 2. The average Bonchev–Trinajstić information content (AvgIpc) is 2.94. The van der Waals surface area contributed by atoms with E-state index in [0.717, 1.165) is 34.6 Å². The fourth-order valence-corrected chi connectivity index (χ4v) is 5.55. The predicted octanol–water partition coefficient (Wildman–Crippen LogP) is 3.78. The first-order valence-electron chi connectivity index (χ1n) is 13.9. The first-order valence-corrected chi connectivity index (χ1v) is 14.3. The van der Waals surface area contributed by atoms with E-state index in [1.54, 1.807) is 0 Å². The van der Waals surface area contributed by atoms with Crippen molar-refractivity contribution in [2.24, 2.45) is 5.92 Å². The van der Waals surface area contributed by atoms with E-state index < -0.39 is 78.5 Å². The summed E-state index contributed by atoms with van der Waals surface area (Å²) < 4.78 is 27.7. The minimum atomic E-state index is -1.46. The van der Waals surface area contributed by atoms with Crippen molar-refractivity contribution < 1.29 is 57.2 Å². The molecule has 1 saturated carbocycles. The summed E-state index contributed by atoms with van der Waals surface area (Å²) in [5.41, 5.74) is 0.915. The fraction of sp³-hybridized carbons (Fsp3) is 0.406. The van der Waals surface area contributed by atoms with Crippen LogP contribution in [0.4, 0.5) is 0 Å². The lowest BCUT2D eigenvalue weighted by molar-refractivity contribution is -0.222. The molecule has 1 aliphatic rings. The largest absolute Gasteiger partial charge is 0.465 e. The van der Waals surface area contributed by atoms with Crippen LogP contribution >= 0.6 is 11.6 Å². The van der Waals surface area contributed by atoms with Crippen molar-refractivity contribution in [2.45, 2.75) is 71.9 Å². The number of hydrogen-bond donors (Lipinski definition) is 0. The van der Waals surface area contributed by atoms with Gasteiger partial charge in [0.05, 0.1) is 16.9 Å². The Balaban J connectivity index is 2.27. The Bertz CT molecular complexity index is 1500. The Morgan fingerprint density at radius 2 is 1.09 bits per heavy atom. The van der Waals surface area contributed by atoms with Crippen molar-refractivity contribution in [2.75, 3.05) is 6.61 Å². The maximum Gasteiger partial charge on any atom is 0.303 e. The van der Waals surface area contributed by atoms with Crippen LogP contribution in [0.5, 0.6) is 0 Å². The van der Waals surface area contributed by atoms with Crippen LogP contribution in [0.1, 0.15) is 79.3 Å². The van der Waals surface area contributed by atoms with E-state index in [9.17, 15) is 33.6 Å². The molecule has 1 aliphatic carbocycles. The maximum absolute atomic E-state index is 13.6. The van der Waals surface area contributed by atoms with Gasteiger partial charge in [0.25, 0.3) is 0 Å². The summed E-state index contributed by atoms with van der Waals surface area (Å²) in [6.07, 6.45) is -5.58. The molecule has 0 aliphatic heterocycles. The second kappa shape index (κ2) is 14.9. The zero-order valence-corrected chi connectivity index (χ0v) is 26.2. The number of carbonyl (C=O) groups excluding carboxylic acids is 7. The smallest absolute Gasteiger partial charge is 0.303 e. The Morgan fingerprint density at radius 1 is 0.600 bits per heavy atom. The highest BCUT2D eigenvalue weighted by molar-refractivity contribution is 6.35. The number of benzene rings is 2. The molecule has 3 rings (SSSR count). The maximum atomic E-state index is 13.6. The van der Waals surface area contributed by atoms with Crippen LogP contribution in [0.25, 0.3) is 0 Å². The van der Waals surface area contributed by atoms with Gasteiger partial charge in [-0.25, -0.2) is 0 Å². The fourth-order valence-electron chi connectivity index (χ4n) is 5.35. The molecular weight excluding hydrogens is 612 g/mol. The molecule has 0 N–H and O–H groups in total. The van der Waals surface area contributed by atoms with Crippen LogP contribution in [-0.4, -0.2) is 72.4 Å². The van der Waals surface area contributed by atoms with E-state index in [1.165, 1.54) is 49.4 Å². The monoisotopic (exact) mass is 644 g/mol. The van der Waals surface area contributed by atoms with Gasteiger partial charge < -0.3 is 23.7 Å². The highest BCUT2D eigenvalue weighted by atomic mass is 35.5. The van der Waals surface area contributed by atoms with E-state index in [2.05, 4.69) is 0 Å². The molecule has 6 atom stereocenters. The SMILES string of the molecule is CC(=O)OC[C@@H]1[C@@H](OC(C)=O)[C@H](OC(C)=O)[C@@H](OC(C)=O)[C@H](c2ccc(Cl)c(C(=O)c3ccc(C(C)=O)cc3)c2)[C@H]1OC(C)=O. The van der Waals surface area contributed by atoms with Gasteiger partial charge in [0, 0.05) is 51.3 Å². The van der Waals surface area contributed by atoms with Gasteiger partial charge in [0.1, 0.15) is 12.7 Å². The van der Waals surface area contributed by atoms with Crippen LogP contribution in [0, 0.1) is 5.92 Å². The van der Waals surface area contributed by atoms with Crippen LogP contribution in [0.2, 0.25) is 5.02 Å². The molecule has 1 fully saturated rings. The number of carbonyl (C=O) groups is 7. The van der Waals surface area contributed by atoms with Crippen molar-refractivity contribution in [1.29, 1.82) is 0 Å². The second-order valence-electron chi connectivity index (χ2n) is 10.5. The number of ether oxygens (including phenoxy) is 5. The third kappa shape index (κ3) is 8.75. The molecule has 0 unspecified atom stereocenters. The third-order valence-electron chi connectivity index (χ3n) is 7.06. The van der Waals surface area contributed by atoms with E-state index in [1.807, 2.05) is 0 Å². The standard InChI is InChI=1S/C32H33ClO12/c1-15(34)21-7-9-22(10-8-21)28(40)24-13-23(11-12-26(24)33)27-29(42-17(3)36)25(14-41-16(2)35)30(43-18(4)37)32(45-20(6)39)31(27)44-19(5)38/h7-13,25,27,29-32H,14H2,1-6H3/t25-,27+,29-,30+,31-,32-/m0/s1. The number of esters is 5. The first-order chi connectivity index (χ1) is 21.1. The Hall–Kier alpha value is -4.58. The molecule has 240 valence electrons. The lowest BCUT2D eigenvalue weighted by atomic mass is 9.70. The van der Waals surface area contributed by atoms with Gasteiger partial charge in [-0.05, 0) is 24.6 Å². The molecule has 0 saturated heterocycles. The summed E-state index contributed by atoms with van der Waals surface area (Å²) in [6, 6.07) is 10.3. The summed E-state index contributed by atoms with van der Waals surface area (Å²) in [5.74, 6) is -6.87. The predicted molar refractivity (Wildman–Crippen MR) is 156 cm³/mol. The lowest BCUT2D eigenvalue weighted by Gasteiger charge is -2.48. The van der Waals surface area contributed by atoms with Gasteiger partial charge in [-0.2, -0.15) is 0 Å². The molecule has 45 heavy (non-hydrogen) atoms. The van der Waals surface area contributed by atoms with Crippen LogP contribution in [0.3, 0.4) is 0 Å². The molecule has 13 heteroatoms. The minimum absolute atomic E-state index is 0.0237. The normalized spacial score (nSPS) is 22.4. The summed E-state index contributed by atoms with van der Waals surface area (Å²) in [7, 11) is 0. The summed E-state index contributed by atoms with van der Waals surface area (Å²) in [6.45, 7) is 6.52. The van der Waals surface area contributed by atoms with Gasteiger partial charge >= 0.3 is 29.8 Å². The molecule has 0 radical (unpaired) electrons. The van der Waals surface area contributed by atoms with Crippen LogP contribution in [0.15, 0.2) is 42.5 Å². The highest BCUT2D eigenvalue weighted by Gasteiger charge is 2.58. The summed E-state index contributed by atoms with van der Waals surface area (Å²) in [5, 5.41) is 0.0639. The number of Topliss-reactive ketones (excluding diaryl/α,β-unsaturated/α-hetero) is 1. The molecular formula is C32H33ClO12. The average molecular weight is 645 g/mol. The van der Waals surface area contributed by atoms with Crippen molar-refractivity contribution in [1.82, 2.24) is 0 Å². The third-order valence-corrected chi connectivity index (χ3v) is 7.39. The number of rotatable bonds is 10. The molecule has 0 bridgehead atoms. The number of hydrogen-bond acceptors (Lipinski definition) is 12. The van der Waals surface area contributed by atoms with Crippen molar-refractivity contribution >= 4 is 53.0 Å². The highest BCUT2D eigenvalue weighted by Crippen LogP contribution is 2.44. The van der Waals surface area contributed by atoms with Crippen LogP contribution in [-0.2, 0) is 47.7 Å². The second-order valence-corrected chi connectivity index (χ2v) is 10.9. The zero-order valence-electron chi connectivity index (χ0n) is 25.5. The Labute approximate surface area is 264 Å². The minimum Gasteiger partial charge on any atom is -0.465 e. The Kier molecular flexibility index (Phi) is 11.6. The molecule has 0 spiro atoms. The van der Waals surface area contributed by atoms with Crippen molar-refractivity contribution in [3.05, 3.63) is 69.7 Å². The van der Waals surface area contributed by atoms with Gasteiger partial charge in [-0.1, -0.05) is 41.9 Å². The van der Waals surface area contributed by atoms with Gasteiger partial charge in [-0.15, -0.1) is 0 Å². The van der Waals surface area contributed by atoms with Gasteiger partial charge in [-0.3, -0.25) is 33.6 Å². The summed E-state index contributed by atoms with van der Waals surface area (Å²) >= 11 is 6.46. The first kappa shape index (κ1) is 34.9. The van der Waals surface area contributed by atoms with E-state index in [-0.39, 0.29) is 27.5 Å². The zero-order chi connectivity index (χ0) is 33.6. The lowest BCUT2D eigenvalue weighted by Crippen LogP contribution is -2.62. The van der Waals surface area contributed by atoms with Crippen molar-refractivity contribution in [3.8, 4) is 0 Å². The molecule has 0 amide bonds. The van der Waals surface area contributed by atoms with Crippen LogP contribution < -0.4 is 0 Å². The number of halogens is 1. The Morgan fingerprint density at radius 3 is 1.60 bits per heavy atom.